The zero-order chi connectivity index (χ0) is 18.5. The van der Waals surface area contributed by atoms with Crippen LogP contribution in [-0.2, 0) is 22.6 Å². The first-order valence-electron chi connectivity index (χ1n) is 9.39. The summed E-state index contributed by atoms with van der Waals surface area (Å²) in [7, 11) is 0. The van der Waals surface area contributed by atoms with Crippen molar-refractivity contribution in [1.29, 1.82) is 0 Å². The van der Waals surface area contributed by atoms with Crippen molar-refractivity contribution in [3.05, 3.63) is 35.4 Å². The van der Waals surface area contributed by atoms with Gasteiger partial charge in [-0.1, -0.05) is 57.4 Å². The quantitative estimate of drug-likeness (QED) is 0.447. The lowest BCUT2D eigenvalue weighted by Crippen LogP contribution is -2.35. The minimum Gasteiger partial charge on any atom is -0.338 e. The van der Waals surface area contributed by atoms with Gasteiger partial charge in [0.05, 0.1) is 0 Å². The predicted octanol–water partition coefficient (Wildman–Crippen LogP) is 3.83. The van der Waals surface area contributed by atoms with Crippen LogP contribution >= 0.6 is 0 Å². The van der Waals surface area contributed by atoms with Crippen LogP contribution in [0.4, 0.5) is 0 Å². The summed E-state index contributed by atoms with van der Waals surface area (Å²) in [6.45, 7) is 5.79. The van der Waals surface area contributed by atoms with Crippen LogP contribution in [0.1, 0.15) is 69.9 Å². The number of benzene rings is 1. The summed E-state index contributed by atoms with van der Waals surface area (Å²) in [5.41, 5.74) is 4.24. The zero-order valence-corrected chi connectivity index (χ0v) is 15.6. The van der Waals surface area contributed by atoms with E-state index in [0.29, 0.717) is 12.8 Å². The third kappa shape index (κ3) is 8.16. The Kier molecular flexibility index (Phi) is 10.6. The Bertz CT molecular complexity index is 531. The average Bonchev–Trinajstić information content (AvgIpc) is 2.64. The largest absolute Gasteiger partial charge is 0.338 e. The molecule has 140 valence electrons. The molecule has 5 nitrogen and oxygen atoms in total. The van der Waals surface area contributed by atoms with E-state index in [1.807, 2.05) is 17.0 Å². The number of nitrogens with zero attached hydrogens (tertiary/aromatic N) is 1. The van der Waals surface area contributed by atoms with E-state index in [9.17, 15) is 9.59 Å². The highest BCUT2D eigenvalue weighted by Crippen LogP contribution is 2.19. The van der Waals surface area contributed by atoms with Gasteiger partial charge < -0.3 is 4.90 Å². The number of carbonyl (C=O) groups excluding carboxylic acids is 2. The monoisotopic (exact) mass is 348 g/mol. The summed E-state index contributed by atoms with van der Waals surface area (Å²) >= 11 is 0. The number of carbonyl (C=O) groups is 2. The van der Waals surface area contributed by atoms with Gasteiger partial charge in [0.15, 0.2) is 0 Å². The number of rotatable bonds is 7. The highest BCUT2D eigenvalue weighted by Gasteiger charge is 2.19. The molecule has 1 aliphatic rings. The molecule has 2 amide bonds. The molecule has 0 saturated carbocycles. The molecule has 2 rings (SSSR count). The van der Waals surface area contributed by atoms with Crippen LogP contribution in [0.25, 0.3) is 0 Å². The molecule has 5 heteroatoms. The Labute approximate surface area is 151 Å². The molecular formula is C20H32N2O3. The lowest BCUT2D eigenvalue weighted by molar-refractivity contribution is -0.132. The standard InChI is InChI=1S/C17H24N2O3.C3H8/c20-16(18-22)9-3-1-2-4-10-17(21)19-12-11-14-7-5-6-8-15(14)13-19;1-3-2/h5-8,22H,1-4,9-13H2,(H,18,20);3H2,1-2H3. The van der Waals surface area contributed by atoms with E-state index in [1.54, 1.807) is 5.48 Å². The van der Waals surface area contributed by atoms with Crippen molar-refractivity contribution in [3.63, 3.8) is 0 Å². The lowest BCUT2D eigenvalue weighted by Gasteiger charge is -2.29. The van der Waals surface area contributed by atoms with Crippen LogP contribution in [0.2, 0.25) is 0 Å². The van der Waals surface area contributed by atoms with Gasteiger partial charge >= 0.3 is 0 Å². The van der Waals surface area contributed by atoms with Crippen molar-refractivity contribution in [2.75, 3.05) is 6.54 Å². The number of nitrogens with one attached hydrogen (secondary N) is 1. The zero-order valence-electron chi connectivity index (χ0n) is 15.6. The molecular weight excluding hydrogens is 316 g/mol. The fourth-order valence-corrected chi connectivity index (χ4v) is 2.84. The van der Waals surface area contributed by atoms with Crippen molar-refractivity contribution in [1.82, 2.24) is 10.4 Å². The Hall–Kier alpha value is -1.88. The van der Waals surface area contributed by atoms with Crippen molar-refractivity contribution in [2.45, 2.75) is 71.8 Å². The third-order valence-corrected chi connectivity index (χ3v) is 4.15. The van der Waals surface area contributed by atoms with E-state index in [0.717, 1.165) is 45.2 Å². The molecule has 0 spiro atoms. The fourth-order valence-electron chi connectivity index (χ4n) is 2.84. The summed E-state index contributed by atoms with van der Waals surface area (Å²) in [5.74, 6) is -0.120. The van der Waals surface area contributed by atoms with E-state index in [4.69, 9.17) is 5.21 Å². The number of amides is 2. The molecule has 0 aromatic heterocycles. The van der Waals surface area contributed by atoms with Gasteiger partial charge in [-0.3, -0.25) is 14.8 Å². The minimum absolute atomic E-state index is 0.225. The second kappa shape index (κ2) is 12.5. The normalized spacial score (nSPS) is 12.7. The van der Waals surface area contributed by atoms with Crippen molar-refractivity contribution < 1.29 is 14.8 Å². The maximum atomic E-state index is 12.2. The summed E-state index contributed by atoms with van der Waals surface area (Å²) in [6.07, 6.45) is 6.56. The Morgan fingerprint density at radius 3 is 2.28 bits per heavy atom. The van der Waals surface area contributed by atoms with E-state index < -0.39 is 0 Å². The third-order valence-electron chi connectivity index (χ3n) is 4.15. The Morgan fingerprint density at radius 2 is 1.64 bits per heavy atom. The van der Waals surface area contributed by atoms with Gasteiger partial charge in [-0.2, -0.15) is 0 Å². The molecule has 0 bridgehead atoms. The van der Waals surface area contributed by atoms with Gasteiger partial charge in [-0.05, 0) is 30.4 Å². The molecule has 0 fully saturated rings. The van der Waals surface area contributed by atoms with Crippen LogP contribution in [0.3, 0.4) is 0 Å². The topological polar surface area (TPSA) is 69.6 Å². The second-order valence-corrected chi connectivity index (χ2v) is 6.49. The van der Waals surface area contributed by atoms with Crippen LogP contribution in [0.15, 0.2) is 24.3 Å². The molecule has 25 heavy (non-hydrogen) atoms. The number of hydrogen-bond acceptors (Lipinski definition) is 3. The van der Waals surface area contributed by atoms with E-state index >= 15 is 0 Å². The van der Waals surface area contributed by atoms with Gasteiger partial charge in [0.2, 0.25) is 11.8 Å². The minimum atomic E-state index is -0.344. The van der Waals surface area contributed by atoms with Crippen molar-refractivity contribution in [3.8, 4) is 0 Å². The maximum Gasteiger partial charge on any atom is 0.243 e. The molecule has 0 atom stereocenters. The molecule has 1 aliphatic heterocycles. The first-order chi connectivity index (χ1) is 12.1. The van der Waals surface area contributed by atoms with Crippen LogP contribution < -0.4 is 5.48 Å². The first kappa shape index (κ1) is 21.2. The van der Waals surface area contributed by atoms with Gasteiger partial charge in [-0.25, -0.2) is 5.48 Å². The molecule has 0 saturated heterocycles. The Balaban J connectivity index is 0.000000970. The van der Waals surface area contributed by atoms with Crippen LogP contribution in [0, 0.1) is 0 Å². The Morgan fingerprint density at radius 1 is 1.04 bits per heavy atom. The summed E-state index contributed by atoms with van der Waals surface area (Å²) in [5, 5.41) is 8.37. The number of hydrogen-bond donors (Lipinski definition) is 2. The number of hydroxylamine groups is 1. The predicted molar refractivity (Wildman–Crippen MR) is 99.2 cm³/mol. The van der Waals surface area contributed by atoms with Crippen molar-refractivity contribution in [2.24, 2.45) is 0 Å². The van der Waals surface area contributed by atoms with E-state index in [-0.39, 0.29) is 11.8 Å². The lowest BCUT2D eigenvalue weighted by atomic mass is 9.99. The average molecular weight is 348 g/mol. The van der Waals surface area contributed by atoms with E-state index in [1.165, 1.54) is 17.5 Å². The highest BCUT2D eigenvalue weighted by atomic mass is 16.5. The first-order valence-corrected chi connectivity index (χ1v) is 9.39. The highest BCUT2D eigenvalue weighted by molar-refractivity contribution is 5.76. The maximum absolute atomic E-state index is 12.2. The second-order valence-electron chi connectivity index (χ2n) is 6.49. The van der Waals surface area contributed by atoms with Gasteiger partial charge in [0.1, 0.15) is 0 Å². The van der Waals surface area contributed by atoms with E-state index in [2.05, 4.69) is 26.0 Å². The van der Waals surface area contributed by atoms with Crippen LogP contribution in [0.5, 0.6) is 0 Å². The number of fused-ring (bicyclic) bond motifs is 1. The molecule has 1 heterocycles. The fraction of sp³-hybridized carbons (Fsp3) is 0.600. The molecule has 0 aliphatic carbocycles. The van der Waals surface area contributed by atoms with Crippen molar-refractivity contribution >= 4 is 11.8 Å². The summed E-state index contributed by atoms with van der Waals surface area (Å²) < 4.78 is 0. The molecule has 1 aromatic carbocycles. The van der Waals surface area contributed by atoms with Gasteiger partial charge in [0.25, 0.3) is 0 Å². The molecule has 2 N–H and O–H groups in total. The summed E-state index contributed by atoms with van der Waals surface area (Å²) in [4.78, 5) is 25.0. The van der Waals surface area contributed by atoms with Crippen LogP contribution in [-0.4, -0.2) is 28.5 Å². The summed E-state index contributed by atoms with van der Waals surface area (Å²) in [6, 6.07) is 8.31. The molecule has 0 radical (unpaired) electrons. The smallest absolute Gasteiger partial charge is 0.243 e. The SMILES string of the molecule is CCC.O=C(CCCCCCC(=O)N1CCc2ccccc2C1)NO. The van der Waals surface area contributed by atoms with Gasteiger partial charge in [0, 0.05) is 25.9 Å². The molecule has 0 unspecified atom stereocenters. The number of unbranched alkanes of at least 4 members (excludes halogenated alkanes) is 3. The molecule has 1 aromatic rings. The van der Waals surface area contributed by atoms with Gasteiger partial charge in [-0.15, -0.1) is 0 Å².